The normalized spacial score (nSPS) is 27.9. The molecule has 0 amide bonds. The van der Waals surface area contributed by atoms with E-state index in [0.717, 1.165) is 36.2 Å². The summed E-state index contributed by atoms with van der Waals surface area (Å²) in [5.41, 5.74) is 7.39. The fourth-order valence-corrected chi connectivity index (χ4v) is 4.06. The molecule has 3 nitrogen and oxygen atoms in total. The monoisotopic (exact) mass is 265 g/mol. The van der Waals surface area contributed by atoms with E-state index in [4.69, 9.17) is 5.73 Å². The highest BCUT2D eigenvalue weighted by Gasteiger charge is 2.39. The van der Waals surface area contributed by atoms with Crippen molar-refractivity contribution < 1.29 is 0 Å². The van der Waals surface area contributed by atoms with E-state index in [2.05, 4.69) is 36.0 Å². The lowest BCUT2D eigenvalue weighted by Gasteiger charge is -2.37. The molecule has 1 aliphatic heterocycles. The fourth-order valence-electron chi connectivity index (χ4n) is 2.58. The zero-order valence-electron chi connectivity index (χ0n) is 11.3. The minimum absolute atomic E-state index is 0.193. The lowest BCUT2D eigenvalue weighted by molar-refractivity contribution is 0.148. The first-order valence-electron chi connectivity index (χ1n) is 6.59. The highest BCUT2D eigenvalue weighted by atomic mass is 32.2. The van der Waals surface area contributed by atoms with Gasteiger partial charge in [0, 0.05) is 47.9 Å². The highest BCUT2D eigenvalue weighted by molar-refractivity contribution is 8.00. The second kappa shape index (κ2) is 6.04. The van der Waals surface area contributed by atoms with Crippen LogP contribution in [0.25, 0.3) is 0 Å². The Bertz CT molecular complexity index is 371. The molecule has 2 atom stereocenters. The van der Waals surface area contributed by atoms with Crippen LogP contribution in [0.1, 0.15) is 19.0 Å². The molecule has 1 aliphatic rings. The van der Waals surface area contributed by atoms with Gasteiger partial charge in [0.15, 0.2) is 0 Å². The van der Waals surface area contributed by atoms with E-state index >= 15 is 0 Å². The van der Waals surface area contributed by atoms with Crippen molar-refractivity contribution in [2.45, 2.75) is 30.6 Å². The predicted octanol–water partition coefficient (Wildman–Crippen LogP) is 1.78. The summed E-state index contributed by atoms with van der Waals surface area (Å²) in [6.07, 6.45) is 4.06. The van der Waals surface area contributed by atoms with Gasteiger partial charge in [-0.1, -0.05) is 13.0 Å². The second-order valence-corrected chi connectivity index (χ2v) is 6.67. The van der Waals surface area contributed by atoms with Gasteiger partial charge in [0.1, 0.15) is 0 Å². The van der Waals surface area contributed by atoms with Gasteiger partial charge in [0.25, 0.3) is 0 Å². The van der Waals surface area contributed by atoms with Crippen LogP contribution in [0.2, 0.25) is 0 Å². The van der Waals surface area contributed by atoms with Gasteiger partial charge < -0.3 is 5.73 Å². The number of likely N-dealkylation sites (N-methyl/N-ethyl adjacent to an activating group) is 1. The summed E-state index contributed by atoms with van der Waals surface area (Å²) < 4.78 is 0. The Kier molecular flexibility index (Phi) is 4.65. The maximum atomic E-state index is 6.03. The smallest absolute Gasteiger partial charge is 0.0429 e. The van der Waals surface area contributed by atoms with E-state index in [-0.39, 0.29) is 5.54 Å². The first-order chi connectivity index (χ1) is 8.66. The molecule has 0 radical (unpaired) electrons. The first-order valence-corrected chi connectivity index (χ1v) is 7.64. The lowest BCUT2D eigenvalue weighted by Crippen LogP contribution is -2.53. The van der Waals surface area contributed by atoms with Gasteiger partial charge in [-0.2, -0.15) is 11.8 Å². The molecule has 2 N–H and O–H groups in total. The van der Waals surface area contributed by atoms with E-state index in [1.165, 1.54) is 6.42 Å². The van der Waals surface area contributed by atoms with Crippen LogP contribution in [0.3, 0.4) is 0 Å². The molecule has 1 aromatic heterocycles. The summed E-state index contributed by atoms with van der Waals surface area (Å²) in [6.45, 7) is 4.08. The predicted molar refractivity (Wildman–Crippen MR) is 78.9 cm³/mol. The molecule has 100 valence electrons. The van der Waals surface area contributed by atoms with Crippen molar-refractivity contribution in [2.75, 3.05) is 25.9 Å². The summed E-state index contributed by atoms with van der Waals surface area (Å²) >= 11 is 2.04. The number of nitrogens with two attached hydrogens (primary N) is 1. The molecule has 18 heavy (non-hydrogen) atoms. The van der Waals surface area contributed by atoms with Gasteiger partial charge in [0.2, 0.25) is 0 Å². The summed E-state index contributed by atoms with van der Waals surface area (Å²) in [5, 5.41) is 0.728. The molecular formula is C14H23N3S. The van der Waals surface area contributed by atoms with E-state index in [0.29, 0.717) is 0 Å². The number of nitrogens with zero attached hydrogens (tertiary/aromatic N) is 2. The Morgan fingerprint density at radius 2 is 2.39 bits per heavy atom. The van der Waals surface area contributed by atoms with Crippen molar-refractivity contribution in [3.63, 3.8) is 0 Å². The van der Waals surface area contributed by atoms with Crippen molar-refractivity contribution in [1.82, 2.24) is 9.88 Å². The molecule has 1 aromatic rings. The number of hydrogen-bond donors (Lipinski definition) is 1. The minimum Gasteiger partial charge on any atom is -0.329 e. The van der Waals surface area contributed by atoms with Crippen LogP contribution in [0, 0.1) is 0 Å². The van der Waals surface area contributed by atoms with Gasteiger partial charge in [-0.25, -0.2) is 0 Å². The Morgan fingerprint density at radius 1 is 1.56 bits per heavy atom. The maximum absolute atomic E-state index is 6.03. The van der Waals surface area contributed by atoms with Gasteiger partial charge in [0.05, 0.1) is 0 Å². The quantitative estimate of drug-likeness (QED) is 0.881. The van der Waals surface area contributed by atoms with Crippen molar-refractivity contribution in [3.8, 4) is 0 Å². The molecule has 2 unspecified atom stereocenters. The van der Waals surface area contributed by atoms with E-state index in [9.17, 15) is 0 Å². The summed E-state index contributed by atoms with van der Waals surface area (Å²) in [5.74, 6) is 1.16. The molecule has 2 heterocycles. The van der Waals surface area contributed by atoms with E-state index < -0.39 is 0 Å². The molecule has 1 fully saturated rings. The Morgan fingerprint density at radius 3 is 2.94 bits per heavy atom. The van der Waals surface area contributed by atoms with Crippen molar-refractivity contribution in [2.24, 2.45) is 5.73 Å². The van der Waals surface area contributed by atoms with Gasteiger partial charge in [-0.15, -0.1) is 0 Å². The van der Waals surface area contributed by atoms with Crippen LogP contribution < -0.4 is 5.73 Å². The van der Waals surface area contributed by atoms with Crippen molar-refractivity contribution in [3.05, 3.63) is 30.1 Å². The summed E-state index contributed by atoms with van der Waals surface area (Å²) in [7, 11) is 2.20. The molecule has 4 heteroatoms. The standard InChI is InChI=1S/C14H23N3S/c1-12-9-14(10-15,11-18-12)17(2)8-6-13-5-3-4-7-16-13/h3-5,7,12H,6,8-11,15H2,1-2H3. The highest BCUT2D eigenvalue weighted by Crippen LogP contribution is 2.37. The molecule has 0 bridgehead atoms. The molecule has 0 spiro atoms. The lowest BCUT2D eigenvalue weighted by atomic mass is 9.94. The van der Waals surface area contributed by atoms with Crippen molar-refractivity contribution in [1.29, 1.82) is 0 Å². The number of aromatic nitrogens is 1. The Hall–Kier alpha value is -0.580. The average molecular weight is 265 g/mol. The summed E-state index contributed by atoms with van der Waals surface area (Å²) in [4.78, 5) is 6.82. The van der Waals surface area contributed by atoms with Crippen LogP contribution in [0.15, 0.2) is 24.4 Å². The maximum Gasteiger partial charge on any atom is 0.0429 e. The zero-order chi connectivity index (χ0) is 13.0. The molecule has 0 aliphatic carbocycles. The molecule has 1 saturated heterocycles. The van der Waals surface area contributed by atoms with Crippen LogP contribution in [-0.4, -0.2) is 46.6 Å². The van der Waals surface area contributed by atoms with Gasteiger partial charge in [-0.3, -0.25) is 9.88 Å². The van der Waals surface area contributed by atoms with Crippen LogP contribution in [0.5, 0.6) is 0 Å². The third-order valence-electron chi connectivity index (χ3n) is 3.92. The van der Waals surface area contributed by atoms with Crippen LogP contribution >= 0.6 is 11.8 Å². The average Bonchev–Trinajstić information content (AvgIpc) is 2.80. The van der Waals surface area contributed by atoms with E-state index in [1.807, 2.05) is 24.0 Å². The number of thioether (sulfide) groups is 1. The molecule has 0 saturated carbocycles. The Labute approximate surface area is 114 Å². The van der Waals surface area contributed by atoms with E-state index in [1.54, 1.807) is 0 Å². The topological polar surface area (TPSA) is 42.1 Å². The molecule has 0 aromatic carbocycles. The SMILES string of the molecule is CC1CC(CN)(N(C)CCc2ccccn2)CS1. The number of pyridine rings is 1. The second-order valence-electron chi connectivity index (χ2n) is 5.25. The van der Waals surface area contributed by atoms with Crippen LogP contribution in [-0.2, 0) is 6.42 Å². The minimum atomic E-state index is 0.193. The zero-order valence-corrected chi connectivity index (χ0v) is 12.1. The summed E-state index contributed by atoms with van der Waals surface area (Å²) in [6, 6.07) is 6.10. The van der Waals surface area contributed by atoms with Crippen molar-refractivity contribution >= 4 is 11.8 Å². The first kappa shape index (κ1) is 13.8. The van der Waals surface area contributed by atoms with Crippen LogP contribution in [0.4, 0.5) is 0 Å². The molecular weight excluding hydrogens is 242 g/mol. The molecule has 2 rings (SSSR count). The third-order valence-corrected chi connectivity index (χ3v) is 5.36. The van der Waals surface area contributed by atoms with Gasteiger partial charge >= 0.3 is 0 Å². The Balaban J connectivity index is 1.92. The third kappa shape index (κ3) is 3.05. The largest absolute Gasteiger partial charge is 0.329 e. The number of hydrogen-bond acceptors (Lipinski definition) is 4. The number of rotatable bonds is 5. The fraction of sp³-hybridized carbons (Fsp3) is 0.643. The van der Waals surface area contributed by atoms with Gasteiger partial charge in [-0.05, 0) is 25.6 Å².